The average molecular weight is 262 g/mol. The van der Waals surface area contributed by atoms with Crippen LogP contribution in [0.15, 0.2) is 18.6 Å². The lowest BCUT2D eigenvalue weighted by molar-refractivity contribution is 0.232. The van der Waals surface area contributed by atoms with Gasteiger partial charge in [0.1, 0.15) is 18.0 Å². The first-order valence-corrected chi connectivity index (χ1v) is 6.05. The molecule has 0 amide bonds. The van der Waals surface area contributed by atoms with Gasteiger partial charge in [0.25, 0.3) is 0 Å². The quantitative estimate of drug-likeness (QED) is 0.841. The molecule has 0 spiro atoms. The Bertz CT molecular complexity index is 551. The highest BCUT2D eigenvalue weighted by atomic mass is 16.5. The van der Waals surface area contributed by atoms with E-state index in [1.807, 2.05) is 13.8 Å². The van der Waals surface area contributed by atoms with Gasteiger partial charge in [-0.1, -0.05) is 0 Å². The molecular formula is C12H18N6O. The molecule has 0 aliphatic carbocycles. The number of aryl methyl sites for hydroxylation is 1. The molecule has 0 aliphatic heterocycles. The van der Waals surface area contributed by atoms with E-state index in [-0.39, 0.29) is 6.10 Å². The van der Waals surface area contributed by atoms with Gasteiger partial charge in [-0.3, -0.25) is 4.68 Å². The number of nitrogen functional groups attached to an aromatic ring is 1. The summed E-state index contributed by atoms with van der Waals surface area (Å²) in [7, 11) is 1.80. The topological polar surface area (TPSA) is 90.9 Å². The Morgan fingerprint density at radius 3 is 2.84 bits per heavy atom. The summed E-state index contributed by atoms with van der Waals surface area (Å²) in [5.74, 6) is 1.88. The third-order valence-corrected chi connectivity index (χ3v) is 2.52. The lowest BCUT2D eigenvalue weighted by Crippen LogP contribution is -2.08. The van der Waals surface area contributed by atoms with Crippen LogP contribution in [0.2, 0.25) is 0 Å². The summed E-state index contributed by atoms with van der Waals surface area (Å²) < 4.78 is 7.13. The van der Waals surface area contributed by atoms with Crippen LogP contribution in [0.3, 0.4) is 0 Å². The van der Waals surface area contributed by atoms with Crippen LogP contribution < -0.4 is 15.8 Å². The Kier molecular flexibility index (Phi) is 3.84. The fraction of sp³-hybridized carbons (Fsp3) is 0.417. The fourth-order valence-corrected chi connectivity index (χ4v) is 1.56. The first-order chi connectivity index (χ1) is 9.06. The Hall–Kier alpha value is -2.31. The largest absolute Gasteiger partial charge is 0.475 e. The van der Waals surface area contributed by atoms with E-state index in [1.54, 1.807) is 24.0 Å². The molecule has 0 bridgehead atoms. The monoisotopic (exact) mass is 262 g/mol. The summed E-state index contributed by atoms with van der Waals surface area (Å²) in [5, 5.41) is 7.24. The molecular weight excluding hydrogens is 244 g/mol. The molecule has 2 rings (SSSR count). The number of anilines is 2. The minimum Gasteiger partial charge on any atom is -0.475 e. The average Bonchev–Trinajstić information content (AvgIpc) is 2.67. The van der Waals surface area contributed by atoms with Crippen molar-refractivity contribution in [3.63, 3.8) is 0 Å². The number of hydrogen-bond acceptors (Lipinski definition) is 6. The molecule has 0 saturated carbocycles. The molecule has 0 fully saturated rings. The predicted octanol–water partition coefficient (Wildman–Crippen LogP) is 1.19. The Labute approximate surface area is 111 Å². The fourth-order valence-electron chi connectivity index (χ4n) is 1.56. The predicted molar refractivity (Wildman–Crippen MR) is 72.7 cm³/mol. The zero-order valence-electron chi connectivity index (χ0n) is 11.3. The van der Waals surface area contributed by atoms with E-state index < -0.39 is 0 Å². The SMILES string of the molecule is CC(C)Oc1cc(NCc2cnn(C)c2N)ncn1. The molecule has 7 heteroatoms. The van der Waals surface area contributed by atoms with Crippen LogP contribution in [-0.4, -0.2) is 25.9 Å². The van der Waals surface area contributed by atoms with Gasteiger partial charge < -0.3 is 15.8 Å². The molecule has 0 atom stereocenters. The molecule has 3 N–H and O–H groups in total. The molecule has 0 unspecified atom stereocenters. The second-order valence-electron chi connectivity index (χ2n) is 4.44. The minimum atomic E-state index is 0.0803. The zero-order valence-corrected chi connectivity index (χ0v) is 11.3. The maximum absolute atomic E-state index is 5.87. The zero-order chi connectivity index (χ0) is 13.8. The first-order valence-electron chi connectivity index (χ1n) is 6.05. The summed E-state index contributed by atoms with van der Waals surface area (Å²) >= 11 is 0. The van der Waals surface area contributed by atoms with Crippen LogP contribution in [0.4, 0.5) is 11.6 Å². The molecule has 2 heterocycles. The van der Waals surface area contributed by atoms with Gasteiger partial charge in [0.05, 0.1) is 12.3 Å². The maximum atomic E-state index is 5.87. The van der Waals surface area contributed by atoms with Crippen LogP contribution in [0.5, 0.6) is 5.88 Å². The van der Waals surface area contributed by atoms with Crippen molar-refractivity contribution in [3.05, 3.63) is 24.2 Å². The highest BCUT2D eigenvalue weighted by Gasteiger charge is 2.06. The van der Waals surface area contributed by atoms with Gasteiger partial charge in [0.15, 0.2) is 0 Å². The van der Waals surface area contributed by atoms with Crippen LogP contribution >= 0.6 is 0 Å². The third kappa shape index (κ3) is 3.34. The van der Waals surface area contributed by atoms with Crippen molar-refractivity contribution in [2.45, 2.75) is 26.5 Å². The first kappa shape index (κ1) is 13.1. The van der Waals surface area contributed by atoms with E-state index in [0.717, 1.165) is 5.56 Å². The van der Waals surface area contributed by atoms with Gasteiger partial charge in [-0.25, -0.2) is 9.97 Å². The van der Waals surface area contributed by atoms with E-state index in [4.69, 9.17) is 10.5 Å². The standard InChI is InChI=1S/C12H18N6O/c1-8(2)19-11-4-10(15-7-16-11)14-5-9-6-17-18(3)12(9)13/h4,6-8H,5,13H2,1-3H3,(H,14,15,16). The van der Waals surface area contributed by atoms with Crippen molar-refractivity contribution < 1.29 is 4.74 Å². The molecule has 19 heavy (non-hydrogen) atoms. The van der Waals surface area contributed by atoms with Crippen molar-refractivity contribution in [2.75, 3.05) is 11.1 Å². The highest BCUT2D eigenvalue weighted by molar-refractivity contribution is 5.43. The second-order valence-corrected chi connectivity index (χ2v) is 4.44. The molecule has 0 radical (unpaired) electrons. The Morgan fingerprint density at radius 1 is 1.42 bits per heavy atom. The van der Waals surface area contributed by atoms with Crippen LogP contribution in [0.1, 0.15) is 19.4 Å². The maximum Gasteiger partial charge on any atom is 0.218 e. The van der Waals surface area contributed by atoms with E-state index in [1.165, 1.54) is 6.33 Å². The molecule has 0 aromatic carbocycles. The smallest absolute Gasteiger partial charge is 0.218 e. The number of hydrogen-bond donors (Lipinski definition) is 2. The highest BCUT2D eigenvalue weighted by Crippen LogP contribution is 2.15. The van der Waals surface area contributed by atoms with Crippen molar-refractivity contribution in [2.24, 2.45) is 7.05 Å². The van der Waals surface area contributed by atoms with Crippen molar-refractivity contribution in [1.29, 1.82) is 0 Å². The molecule has 0 aliphatic rings. The van der Waals surface area contributed by atoms with Gasteiger partial charge in [-0.2, -0.15) is 5.10 Å². The minimum absolute atomic E-state index is 0.0803. The van der Waals surface area contributed by atoms with E-state index >= 15 is 0 Å². The summed E-state index contributed by atoms with van der Waals surface area (Å²) in [6, 6.07) is 1.76. The van der Waals surface area contributed by atoms with Crippen LogP contribution in [-0.2, 0) is 13.6 Å². The molecule has 0 saturated heterocycles. The lowest BCUT2D eigenvalue weighted by atomic mass is 10.3. The molecule has 7 nitrogen and oxygen atoms in total. The van der Waals surface area contributed by atoms with Crippen LogP contribution in [0, 0.1) is 0 Å². The van der Waals surface area contributed by atoms with Gasteiger partial charge in [-0.15, -0.1) is 0 Å². The Morgan fingerprint density at radius 2 is 2.21 bits per heavy atom. The number of rotatable bonds is 5. The van der Waals surface area contributed by atoms with Gasteiger partial charge in [0, 0.05) is 25.2 Å². The summed E-state index contributed by atoms with van der Waals surface area (Å²) in [6.45, 7) is 4.45. The summed E-state index contributed by atoms with van der Waals surface area (Å²) in [6.07, 6.45) is 3.28. The van der Waals surface area contributed by atoms with Gasteiger partial charge >= 0.3 is 0 Å². The van der Waals surface area contributed by atoms with E-state index in [2.05, 4.69) is 20.4 Å². The second kappa shape index (κ2) is 5.55. The number of nitrogens with one attached hydrogen (secondary N) is 1. The lowest BCUT2D eigenvalue weighted by Gasteiger charge is -2.10. The molecule has 102 valence electrons. The number of nitrogens with zero attached hydrogens (tertiary/aromatic N) is 4. The summed E-state index contributed by atoms with van der Waals surface area (Å²) in [5.41, 5.74) is 6.79. The third-order valence-electron chi connectivity index (χ3n) is 2.52. The van der Waals surface area contributed by atoms with Crippen molar-refractivity contribution in [1.82, 2.24) is 19.7 Å². The summed E-state index contributed by atoms with van der Waals surface area (Å²) in [4.78, 5) is 8.17. The number of ether oxygens (including phenoxy) is 1. The van der Waals surface area contributed by atoms with E-state index in [9.17, 15) is 0 Å². The van der Waals surface area contributed by atoms with Gasteiger partial charge in [0.2, 0.25) is 5.88 Å². The number of aromatic nitrogens is 4. The normalized spacial score (nSPS) is 10.7. The molecule has 2 aromatic heterocycles. The Balaban J connectivity index is 2.01. The number of nitrogens with two attached hydrogens (primary N) is 1. The van der Waals surface area contributed by atoms with E-state index in [0.29, 0.717) is 24.1 Å². The molecule has 2 aromatic rings. The van der Waals surface area contributed by atoms with Gasteiger partial charge in [-0.05, 0) is 13.8 Å². The van der Waals surface area contributed by atoms with Crippen molar-refractivity contribution >= 4 is 11.6 Å². The van der Waals surface area contributed by atoms with Crippen molar-refractivity contribution in [3.8, 4) is 5.88 Å². The van der Waals surface area contributed by atoms with Crippen LogP contribution in [0.25, 0.3) is 0 Å².